The van der Waals surface area contributed by atoms with Gasteiger partial charge in [0.05, 0.1) is 33.1 Å². The van der Waals surface area contributed by atoms with E-state index in [4.69, 9.17) is 0 Å². The molecule has 8 aromatic carbocycles. The van der Waals surface area contributed by atoms with E-state index in [-0.39, 0.29) is 0 Å². The number of fused-ring (bicyclic) bond motifs is 10. The first-order valence-electron chi connectivity index (χ1n) is 18.5. The van der Waals surface area contributed by atoms with Crippen molar-refractivity contribution < 1.29 is 0 Å². The fourth-order valence-corrected chi connectivity index (χ4v) is 8.40. The summed E-state index contributed by atoms with van der Waals surface area (Å²) in [6.45, 7) is 5.42. The van der Waals surface area contributed by atoms with Crippen LogP contribution in [0.5, 0.6) is 0 Å². The van der Waals surface area contributed by atoms with Gasteiger partial charge in [-0.1, -0.05) is 116 Å². The Morgan fingerprint density at radius 3 is 1.19 bits per heavy atom. The molecule has 3 nitrogen and oxygen atoms in total. The quantitative estimate of drug-likeness (QED) is 0.163. The smallest absolute Gasteiger partial charge is 0.0547 e. The van der Waals surface area contributed by atoms with E-state index >= 15 is 0 Å². The van der Waals surface area contributed by atoms with Gasteiger partial charge in [-0.15, -0.1) is 0 Å². The fourth-order valence-electron chi connectivity index (χ4n) is 8.40. The van der Waals surface area contributed by atoms with Crippen molar-refractivity contribution in [1.82, 2.24) is 13.7 Å². The lowest BCUT2D eigenvalue weighted by Crippen LogP contribution is -1.95. The van der Waals surface area contributed by atoms with Gasteiger partial charge in [0.1, 0.15) is 0 Å². The SMILES string of the molecule is C=C/C=C\C.c1ccc(-n2c3ccccc3c3cc(-n4c5ccccc5c5cc6cc7c(cc6cc54)c4ccccc4n7-c4ccccc4)ccc32)cc1. The number of aromatic nitrogens is 3. The highest BCUT2D eigenvalue weighted by Crippen LogP contribution is 2.40. The zero-order valence-electron chi connectivity index (χ0n) is 30.0. The highest BCUT2D eigenvalue weighted by atomic mass is 15.0. The minimum Gasteiger partial charge on any atom is -0.309 e. The summed E-state index contributed by atoms with van der Waals surface area (Å²) in [5.74, 6) is 0. The zero-order chi connectivity index (χ0) is 36.2. The first kappa shape index (κ1) is 31.6. The third-order valence-electron chi connectivity index (χ3n) is 10.7. The fraction of sp³-hybridized carbons (Fsp3) is 0.0196. The molecule has 0 aliphatic rings. The van der Waals surface area contributed by atoms with Crippen LogP contribution in [0.4, 0.5) is 0 Å². The van der Waals surface area contributed by atoms with Crippen LogP contribution in [0.1, 0.15) is 6.92 Å². The maximum Gasteiger partial charge on any atom is 0.0547 e. The Kier molecular flexibility index (Phi) is 7.52. The lowest BCUT2D eigenvalue weighted by molar-refractivity contribution is 1.17. The molecule has 0 bridgehead atoms. The molecule has 0 N–H and O–H groups in total. The molecule has 3 heteroatoms. The third-order valence-corrected chi connectivity index (χ3v) is 10.7. The number of allylic oxidation sites excluding steroid dienone is 3. The van der Waals surface area contributed by atoms with Crippen LogP contribution in [-0.2, 0) is 0 Å². The van der Waals surface area contributed by atoms with Crippen LogP contribution in [0, 0.1) is 0 Å². The van der Waals surface area contributed by atoms with Crippen molar-refractivity contribution in [2.75, 3.05) is 0 Å². The van der Waals surface area contributed by atoms with E-state index in [1.807, 2.05) is 19.1 Å². The molecule has 0 saturated heterocycles. The van der Waals surface area contributed by atoms with E-state index in [2.05, 4.69) is 196 Å². The van der Waals surface area contributed by atoms with Gasteiger partial charge in [0.2, 0.25) is 0 Å². The van der Waals surface area contributed by atoms with Crippen LogP contribution in [-0.4, -0.2) is 13.7 Å². The number of hydrogen-bond donors (Lipinski definition) is 0. The summed E-state index contributed by atoms with van der Waals surface area (Å²) < 4.78 is 7.24. The normalized spacial score (nSPS) is 11.8. The standard InChI is InChI=1S/C46H29N3.C5H8/c1-3-13-32(14-4-1)47-41-20-10-9-19-37(41)40-29-34(23-24-44(40)47)49-43-22-12-8-18-36(43)39-26-30-27-45-38(25-31(30)28-46(39)49)35-17-7-11-21-42(35)48(45)33-15-5-2-6-16-33;1-3-5-4-2/h1-29H;3-5H,1H2,2H3/b;5-4-. The summed E-state index contributed by atoms with van der Waals surface area (Å²) in [6, 6.07) is 64.3. The number of hydrogen-bond acceptors (Lipinski definition) is 0. The van der Waals surface area contributed by atoms with Crippen molar-refractivity contribution >= 4 is 76.2 Å². The minimum absolute atomic E-state index is 1.16. The molecular weight excluding hydrogens is 655 g/mol. The molecule has 0 amide bonds. The van der Waals surface area contributed by atoms with Crippen molar-refractivity contribution in [3.8, 4) is 17.1 Å². The molecule has 0 aliphatic heterocycles. The molecular formula is C51H37N3. The topological polar surface area (TPSA) is 14.8 Å². The summed E-state index contributed by atoms with van der Waals surface area (Å²) in [5.41, 5.74) is 10.8. The average Bonchev–Trinajstić information content (AvgIpc) is 3.85. The number of nitrogens with zero attached hydrogens (tertiary/aromatic N) is 3. The van der Waals surface area contributed by atoms with Gasteiger partial charge < -0.3 is 13.7 Å². The maximum atomic E-state index is 3.46. The predicted octanol–water partition coefficient (Wildman–Crippen LogP) is 13.9. The van der Waals surface area contributed by atoms with E-state index in [0.717, 1.165) is 5.69 Å². The lowest BCUT2D eigenvalue weighted by atomic mass is 10.0. The zero-order valence-corrected chi connectivity index (χ0v) is 30.0. The molecule has 0 spiro atoms. The molecule has 256 valence electrons. The Hall–Kier alpha value is -7.10. The molecule has 11 aromatic rings. The first-order chi connectivity index (χ1) is 26.7. The summed E-state index contributed by atoms with van der Waals surface area (Å²) in [6.07, 6.45) is 5.58. The molecule has 3 aromatic heterocycles. The van der Waals surface area contributed by atoms with Gasteiger partial charge in [-0.2, -0.15) is 0 Å². The number of benzene rings is 8. The van der Waals surface area contributed by atoms with Crippen LogP contribution in [0.25, 0.3) is 93.3 Å². The van der Waals surface area contributed by atoms with Gasteiger partial charge in [-0.3, -0.25) is 0 Å². The lowest BCUT2D eigenvalue weighted by Gasteiger charge is -2.11. The minimum atomic E-state index is 1.16. The summed E-state index contributed by atoms with van der Waals surface area (Å²) in [5, 5.41) is 10.0. The molecule has 0 saturated carbocycles. The molecule has 11 rings (SSSR count). The van der Waals surface area contributed by atoms with E-state index in [1.165, 1.54) is 87.6 Å². The van der Waals surface area contributed by atoms with Gasteiger partial charge >= 0.3 is 0 Å². The molecule has 0 aliphatic carbocycles. The predicted molar refractivity (Wildman–Crippen MR) is 232 cm³/mol. The van der Waals surface area contributed by atoms with Gasteiger partial charge in [0.25, 0.3) is 0 Å². The maximum absolute atomic E-state index is 3.46. The highest BCUT2D eigenvalue weighted by Gasteiger charge is 2.18. The summed E-state index contributed by atoms with van der Waals surface area (Å²) >= 11 is 0. The summed E-state index contributed by atoms with van der Waals surface area (Å²) in [7, 11) is 0. The van der Waals surface area contributed by atoms with Gasteiger partial charge in [0, 0.05) is 49.4 Å². The summed E-state index contributed by atoms with van der Waals surface area (Å²) in [4.78, 5) is 0. The van der Waals surface area contributed by atoms with Gasteiger partial charge in [0.15, 0.2) is 0 Å². The largest absolute Gasteiger partial charge is 0.309 e. The van der Waals surface area contributed by atoms with Crippen molar-refractivity contribution in [2.45, 2.75) is 6.92 Å². The second kappa shape index (κ2) is 12.8. The molecule has 54 heavy (non-hydrogen) atoms. The number of rotatable bonds is 4. The molecule has 0 radical (unpaired) electrons. The first-order valence-corrected chi connectivity index (χ1v) is 18.5. The Bertz CT molecular complexity index is 3230. The van der Waals surface area contributed by atoms with E-state index in [0.29, 0.717) is 0 Å². The second-order valence-electron chi connectivity index (χ2n) is 13.8. The van der Waals surface area contributed by atoms with Crippen molar-refractivity contribution in [1.29, 1.82) is 0 Å². The van der Waals surface area contributed by atoms with Gasteiger partial charge in [-0.25, -0.2) is 0 Å². The van der Waals surface area contributed by atoms with E-state index < -0.39 is 0 Å². The molecule has 0 unspecified atom stereocenters. The van der Waals surface area contributed by atoms with Gasteiger partial charge in [-0.05, 0) is 103 Å². The second-order valence-corrected chi connectivity index (χ2v) is 13.8. The Labute approximate surface area is 313 Å². The monoisotopic (exact) mass is 691 g/mol. The molecule has 0 atom stereocenters. The van der Waals surface area contributed by atoms with Crippen LogP contribution < -0.4 is 0 Å². The number of para-hydroxylation sites is 5. The van der Waals surface area contributed by atoms with Crippen molar-refractivity contribution in [2.24, 2.45) is 0 Å². The molecule has 3 heterocycles. The van der Waals surface area contributed by atoms with Crippen LogP contribution >= 0.6 is 0 Å². The van der Waals surface area contributed by atoms with Crippen LogP contribution in [0.15, 0.2) is 201 Å². The van der Waals surface area contributed by atoms with Crippen LogP contribution in [0.2, 0.25) is 0 Å². The van der Waals surface area contributed by atoms with E-state index in [1.54, 1.807) is 6.08 Å². The Balaban J connectivity index is 0.000000680. The molecule has 0 fully saturated rings. The highest BCUT2D eigenvalue weighted by molar-refractivity contribution is 6.18. The van der Waals surface area contributed by atoms with Crippen molar-refractivity contribution in [3.63, 3.8) is 0 Å². The van der Waals surface area contributed by atoms with Crippen LogP contribution in [0.3, 0.4) is 0 Å². The Morgan fingerprint density at radius 1 is 0.352 bits per heavy atom. The third kappa shape index (κ3) is 4.90. The van der Waals surface area contributed by atoms with E-state index in [9.17, 15) is 0 Å². The average molecular weight is 692 g/mol. The van der Waals surface area contributed by atoms with Crippen molar-refractivity contribution in [3.05, 3.63) is 201 Å². The Morgan fingerprint density at radius 2 is 0.741 bits per heavy atom.